The number of aliphatic hydroxyl groups excluding tert-OH is 1. The van der Waals surface area contributed by atoms with E-state index in [0.717, 1.165) is 5.56 Å². The number of benzene rings is 4. The molecule has 5 aromatic rings. The van der Waals surface area contributed by atoms with Crippen molar-refractivity contribution in [2.45, 2.75) is 38.3 Å². The van der Waals surface area contributed by atoms with Crippen LogP contribution in [0, 0.1) is 15.9 Å². The Hall–Kier alpha value is -5.40. The standard InChI is InChI=1S/C33H29FN4O8/c1-43-33(40)29-14-24(39)17-37(29)16-23-13-28(38(41)42)31(15-30(23)44-18-20-10-11-26-27(12-20)36-46-35-26)45-19-22-8-5-9-25(32(22)34)21-6-3-2-4-7-21/h2-13,15,24,29,39H,14,16-19H2,1H3/t24-,29-/m1/s1. The zero-order chi connectivity index (χ0) is 32.2. The number of rotatable bonds is 11. The summed E-state index contributed by atoms with van der Waals surface area (Å²) < 4.78 is 37.3. The summed E-state index contributed by atoms with van der Waals surface area (Å²) in [5, 5.41) is 30.2. The summed E-state index contributed by atoms with van der Waals surface area (Å²) in [7, 11) is 1.26. The molecule has 2 atom stereocenters. The van der Waals surface area contributed by atoms with E-state index in [0.29, 0.717) is 27.7 Å². The lowest BCUT2D eigenvalue weighted by Gasteiger charge is -2.23. The Balaban J connectivity index is 1.32. The fourth-order valence-electron chi connectivity index (χ4n) is 5.53. The lowest BCUT2D eigenvalue weighted by Crippen LogP contribution is -2.36. The van der Waals surface area contributed by atoms with E-state index in [1.54, 1.807) is 65.6 Å². The minimum absolute atomic E-state index is 0.0350. The molecule has 12 nitrogen and oxygen atoms in total. The van der Waals surface area contributed by atoms with E-state index in [2.05, 4.69) is 10.3 Å². The summed E-state index contributed by atoms with van der Waals surface area (Å²) in [5.74, 6) is -0.913. The van der Waals surface area contributed by atoms with Crippen molar-refractivity contribution in [3.63, 3.8) is 0 Å². The molecule has 0 unspecified atom stereocenters. The second kappa shape index (κ2) is 13.3. The number of esters is 1. The molecule has 46 heavy (non-hydrogen) atoms. The van der Waals surface area contributed by atoms with E-state index in [-0.39, 0.29) is 55.5 Å². The Bertz CT molecular complexity index is 1880. The van der Waals surface area contributed by atoms with Gasteiger partial charge in [-0.2, -0.15) is 0 Å². The number of ether oxygens (including phenoxy) is 3. The molecule has 1 aliphatic rings. The van der Waals surface area contributed by atoms with Crippen LogP contribution >= 0.6 is 0 Å². The van der Waals surface area contributed by atoms with Crippen molar-refractivity contribution < 1.29 is 38.1 Å². The number of halogens is 1. The smallest absolute Gasteiger partial charge is 0.323 e. The highest BCUT2D eigenvalue weighted by Gasteiger charge is 2.37. The number of likely N-dealkylation sites (tertiary alicyclic amines) is 1. The topological polar surface area (TPSA) is 150 Å². The van der Waals surface area contributed by atoms with E-state index in [9.17, 15) is 20.0 Å². The number of carbonyl (C=O) groups is 1. The average Bonchev–Trinajstić information content (AvgIpc) is 3.69. The number of nitro benzene ring substituents is 1. The summed E-state index contributed by atoms with van der Waals surface area (Å²) in [5.41, 5.74) is 3.10. The lowest BCUT2D eigenvalue weighted by atomic mass is 10.0. The van der Waals surface area contributed by atoms with Crippen LogP contribution in [0.3, 0.4) is 0 Å². The predicted molar refractivity (Wildman–Crippen MR) is 162 cm³/mol. The summed E-state index contributed by atoms with van der Waals surface area (Å²) in [6.07, 6.45) is -0.624. The summed E-state index contributed by atoms with van der Waals surface area (Å²) in [6, 6.07) is 21.1. The Kier molecular flexibility index (Phi) is 8.85. The first-order chi connectivity index (χ1) is 22.3. The SMILES string of the molecule is COC(=O)[C@H]1C[C@@H](O)CN1Cc1cc([N+](=O)[O-])c(OCc2cccc(-c3ccccc3)c2F)cc1OCc1ccc2nonc2c1. The molecule has 1 aromatic heterocycles. The van der Waals surface area contributed by atoms with Crippen molar-refractivity contribution in [1.82, 2.24) is 15.2 Å². The number of aromatic nitrogens is 2. The van der Waals surface area contributed by atoms with Crippen molar-refractivity contribution in [2.75, 3.05) is 13.7 Å². The molecule has 13 heteroatoms. The fraction of sp³-hybridized carbons (Fsp3) is 0.242. The average molecular weight is 629 g/mol. The van der Waals surface area contributed by atoms with E-state index >= 15 is 4.39 Å². The van der Waals surface area contributed by atoms with Gasteiger partial charge in [-0.25, -0.2) is 9.02 Å². The third kappa shape index (κ3) is 6.50. The van der Waals surface area contributed by atoms with Crippen LogP contribution in [0.2, 0.25) is 0 Å². The van der Waals surface area contributed by atoms with Crippen LogP contribution in [0.15, 0.2) is 83.5 Å². The van der Waals surface area contributed by atoms with Gasteiger partial charge in [0.05, 0.1) is 18.1 Å². The molecule has 4 aromatic carbocycles. The first kappa shape index (κ1) is 30.6. The van der Waals surface area contributed by atoms with Crippen LogP contribution in [0.25, 0.3) is 22.2 Å². The molecular weight excluding hydrogens is 599 g/mol. The van der Waals surface area contributed by atoms with Crippen LogP contribution in [0.4, 0.5) is 10.1 Å². The van der Waals surface area contributed by atoms with Gasteiger partial charge >= 0.3 is 11.7 Å². The molecule has 236 valence electrons. The number of fused-ring (bicyclic) bond motifs is 1. The number of nitro groups is 1. The third-order valence-corrected chi connectivity index (χ3v) is 7.83. The van der Waals surface area contributed by atoms with Gasteiger partial charge in [0.2, 0.25) is 5.75 Å². The maximum atomic E-state index is 15.5. The zero-order valence-corrected chi connectivity index (χ0v) is 24.7. The molecule has 0 spiro atoms. The number of nitrogens with zero attached hydrogens (tertiary/aromatic N) is 4. The Labute approximate surface area is 262 Å². The number of carbonyl (C=O) groups excluding carboxylic acids is 1. The van der Waals surface area contributed by atoms with Crippen molar-refractivity contribution >= 4 is 22.7 Å². The zero-order valence-electron chi connectivity index (χ0n) is 24.7. The van der Waals surface area contributed by atoms with Crippen LogP contribution in [-0.4, -0.2) is 57.0 Å². The molecule has 1 N–H and O–H groups in total. The third-order valence-electron chi connectivity index (χ3n) is 7.83. The summed E-state index contributed by atoms with van der Waals surface area (Å²) in [6.45, 7) is -0.0556. The molecule has 0 aliphatic carbocycles. The van der Waals surface area contributed by atoms with Gasteiger partial charge in [0, 0.05) is 48.3 Å². The molecule has 1 fully saturated rings. The number of methoxy groups -OCH3 is 1. The highest BCUT2D eigenvalue weighted by molar-refractivity contribution is 5.76. The fourth-order valence-corrected chi connectivity index (χ4v) is 5.53. The van der Waals surface area contributed by atoms with Crippen molar-refractivity contribution in [2.24, 2.45) is 0 Å². The molecule has 0 radical (unpaired) electrons. The second-order valence-corrected chi connectivity index (χ2v) is 10.9. The highest BCUT2D eigenvalue weighted by Crippen LogP contribution is 2.38. The molecule has 0 saturated carbocycles. The van der Waals surface area contributed by atoms with Crippen LogP contribution in [-0.2, 0) is 29.3 Å². The lowest BCUT2D eigenvalue weighted by molar-refractivity contribution is -0.386. The predicted octanol–water partition coefficient (Wildman–Crippen LogP) is 5.20. The normalized spacial score (nSPS) is 16.4. The second-order valence-electron chi connectivity index (χ2n) is 10.9. The molecule has 1 aliphatic heterocycles. The first-order valence-corrected chi connectivity index (χ1v) is 14.4. The Morgan fingerprint density at radius 1 is 1.00 bits per heavy atom. The van der Waals surface area contributed by atoms with Gasteiger partial charge < -0.3 is 19.3 Å². The number of β-amino-alcohol motifs (C(OH)–C–C–N with tert-alkyl or cyclic N) is 1. The highest BCUT2D eigenvalue weighted by atomic mass is 19.1. The van der Waals surface area contributed by atoms with Gasteiger partial charge in [0.15, 0.2) is 0 Å². The van der Waals surface area contributed by atoms with E-state index in [1.807, 2.05) is 6.07 Å². The van der Waals surface area contributed by atoms with E-state index < -0.39 is 28.9 Å². The van der Waals surface area contributed by atoms with Gasteiger partial charge in [-0.3, -0.25) is 19.8 Å². The number of aliphatic hydroxyl groups is 1. The van der Waals surface area contributed by atoms with Gasteiger partial charge in [-0.1, -0.05) is 54.6 Å². The first-order valence-electron chi connectivity index (χ1n) is 14.4. The number of hydrogen-bond acceptors (Lipinski definition) is 11. The van der Waals surface area contributed by atoms with Crippen LogP contribution < -0.4 is 9.47 Å². The van der Waals surface area contributed by atoms with Gasteiger partial charge in [0.25, 0.3) is 0 Å². The molecule has 1 saturated heterocycles. The molecular formula is C33H29FN4O8. The Morgan fingerprint density at radius 2 is 1.78 bits per heavy atom. The molecule has 2 heterocycles. The largest absolute Gasteiger partial charge is 0.488 e. The van der Waals surface area contributed by atoms with E-state index in [4.69, 9.17) is 18.8 Å². The maximum absolute atomic E-state index is 15.5. The minimum Gasteiger partial charge on any atom is -0.488 e. The van der Waals surface area contributed by atoms with Crippen LogP contribution in [0.1, 0.15) is 23.1 Å². The van der Waals surface area contributed by atoms with Gasteiger partial charge in [-0.05, 0) is 33.6 Å². The minimum atomic E-state index is -0.782. The quantitative estimate of drug-likeness (QED) is 0.117. The van der Waals surface area contributed by atoms with Gasteiger partial charge in [0.1, 0.15) is 41.9 Å². The summed E-state index contributed by atoms with van der Waals surface area (Å²) in [4.78, 5) is 25.8. The summed E-state index contributed by atoms with van der Waals surface area (Å²) >= 11 is 0. The molecule has 0 amide bonds. The molecule has 6 rings (SSSR count). The van der Waals surface area contributed by atoms with Crippen molar-refractivity contribution in [3.05, 3.63) is 111 Å². The maximum Gasteiger partial charge on any atom is 0.323 e. The van der Waals surface area contributed by atoms with Crippen LogP contribution in [0.5, 0.6) is 11.5 Å². The Morgan fingerprint density at radius 3 is 2.57 bits per heavy atom. The molecule has 0 bridgehead atoms. The number of hydrogen-bond donors (Lipinski definition) is 1. The van der Waals surface area contributed by atoms with Gasteiger partial charge in [-0.15, -0.1) is 0 Å². The van der Waals surface area contributed by atoms with Crippen molar-refractivity contribution in [3.8, 4) is 22.6 Å². The van der Waals surface area contributed by atoms with Crippen molar-refractivity contribution in [1.29, 1.82) is 0 Å². The van der Waals surface area contributed by atoms with E-state index in [1.165, 1.54) is 19.2 Å². The monoisotopic (exact) mass is 628 g/mol.